The molecule has 0 aliphatic rings. The molecule has 18 heavy (non-hydrogen) atoms. The number of nitrogens with zero attached hydrogens (tertiary/aromatic N) is 2. The van der Waals surface area contributed by atoms with Crippen molar-refractivity contribution < 1.29 is 4.74 Å². The molecule has 0 bridgehead atoms. The lowest BCUT2D eigenvalue weighted by atomic mass is 10.0. The van der Waals surface area contributed by atoms with Crippen LogP contribution in [0.4, 0.5) is 0 Å². The van der Waals surface area contributed by atoms with Gasteiger partial charge >= 0.3 is 0 Å². The van der Waals surface area contributed by atoms with Crippen molar-refractivity contribution >= 4 is 11.6 Å². The Morgan fingerprint density at radius 1 is 1.28 bits per heavy atom. The lowest BCUT2D eigenvalue weighted by Gasteiger charge is -2.09. The van der Waals surface area contributed by atoms with Gasteiger partial charge in [-0.2, -0.15) is 10.2 Å². The van der Waals surface area contributed by atoms with Gasteiger partial charge in [0.25, 0.3) is 0 Å². The first kappa shape index (κ1) is 12.8. The predicted octanol–water partition coefficient (Wildman–Crippen LogP) is 2.57. The quantitative estimate of drug-likeness (QED) is 0.925. The molecule has 0 amide bonds. The fraction of sp³-hybridized carbons (Fsp3) is 0.231. The molecule has 0 spiro atoms. The van der Waals surface area contributed by atoms with Gasteiger partial charge in [-0.15, -0.1) is 0 Å². The number of nitrogens with two attached hydrogens (primary N) is 1. The predicted molar refractivity (Wildman–Crippen MR) is 71.7 cm³/mol. The summed E-state index contributed by atoms with van der Waals surface area (Å²) in [6.07, 6.45) is 0. The molecule has 4 nitrogen and oxygen atoms in total. The van der Waals surface area contributed by atoms with Gasteiger partial charge in [0.2, 0.25) is 0 Å². The molecular weight excluding hydrogens is 250 g/mol. The van der Waals surface area contributed by atoms with E-state index < -0.39 is 0 Å². The molecule has 94 valence electrons. The number of aromatic nitrogens is 2. The van der Waals surface area contributed by atoms with E-state index >= 15 is 0 Å². The van der Waals surface area contributed by atoms with E-state index in [2.05, 4.69) is 10.2 Å². The molecule has 0 unspecified atom stereocenters. The third kappa shape index (κ3) is 2.44. The van der Waals surface area contributed by atoms with Crippen LogP contribution in [-0.2, 0) is 6.54 Å². The Morgan fingerprint density at radius 3 is 2.61 bits per heavy atom. The first-order valence-corrected chi connectivity index (χ1v) is 5.90. The van der Waals surface area contributed by atoms with Crippen molar-refractivity contribution in [1.82, 2.24) is 10.2 Å². The minimum absolute atomic E-state index is 0.385. The Hall–Kier alpha value is -1.65. The highest BCUT2D eigenvalue weighted by Crippen LogP contribution is 2.32. The molecule has 2 N–H and O–H groups in total. The summed E-state index contributed by atoms with van der Waals surface area (Å²) in [6.45, 7) is 2.36. The number of halogens is 1. The van der Waals surface area contributed by atoms with Crippen LogP contribution < -0.4 is 10.5 Å². The lowest BCUT2D eigenvalue weighted by molar-refractivity contribution is 0.415. The Morgan fingerprint density at radius 2 is 2.06 bits per heavy atom. The second-order valence-corrected chi connectivity index (χ2v) is 4.32. The van der Waals surface area contributed by atoms with Crippen LogP contribution in [0.1, 0.15) is 11.3 Å². The monoisotopic (exact) mass is 263 g/mol. The maximum absolute atomic E-state index is 6.12. The van der Waals surface area contributed by atoms with E-state index in [0.29, 0.717) is 17.3 Å². The van der Waals surface area contributed by atoms with Gasteiger partial charge in [0.15, 0.2) is 0 Å². The number of benzene rings is 1. The van der Waals surface area contributed by atoms with Crippen molar-refractivity contribution in [3.8, 4) is 17.0 Å². The largest absolute Gasteiger partial charge is 0.495 e. The normalized spacial score (nSPS) is 10.4. The third-order valence-corrected chi connectivity index (χ3v) is 3.00. The zero-order chi connectivity index (χ0) is 13.1. The second-order valence-electron chi connectivity index (χ2n) is 3.92. The number of aryl methyl sites for hydroxylation is 1. The maximum Gasteiger partial charge on any atom is 0.137 e. The first-order valence-electron chi connectivity index (χ1n) is 5.53. The van der Waals surface area contributed by atoms with Gasteiger partial charge in [0, 0.05) is 12.1 Å². The number of hydrogen-bond donors (Lipinski definition) is 1. The zero-order valence-electron chi connectivity index (χ0n) is 10.3. The van der Waals surface area contributed by atoms with Crippen LogP contribution in [0.5, 0.6) is 5.75 Å². The number of methoxy groups -OCH3 is 1. The third-order valence-electron chi connectivity index (χ3n) is 2.70. The molecular formula is C13H14ClN3O. The van der Waals surface area contributed by atoms with E-state index in [4.69, 9.17) is 22.1 Å². The van der Waals surface area contributed by atoms with Crippen molar-refractivity contribution in [2.75, 3.05) is 7.11 Å². The minimum Gasteiger partial charge on any atom is -0.495 e. The Balaban J connectivity index is 2.46. The fourth-order valence-electron chi connectivity index (χ4n) is 1.70. The van der Waals surface area contributed by atoms with Crippen LogP contribution in [-0.4, -0.2) is 17.3 Å². The average molecular weight is 264 g/mol. The molecule has 0 fully saturated rings. The van der Waals surface area contributed by atoms with Crippen LogP contribution in [0.15, 0.2) is 24.3 Å². The fourth-order valence-corrected chi connectivity index (χ4v) is 1.94. The standard InChI is InChI=1S/C13H14ClN3O/c1-8-5-13(18-2)11(14)6-10(8)12-4-3-9(7-15)16-17-12/h3-6H,7,15H2,1-2H3. The summed E-state index contributed by atoms with van der Waals surface area (Å²) in [5, 5.41) is 8.74. The Kier molecular flexibility index (Phi) is 3.79. The molecule has 5 heteroatoms. The summed E-state index contributed by atoms with van der Waals surface area (Å²) in [5.74, 6) is 0.657. The molecule has 2 rings (SSSR count). The molecule has 1 aromatic heterocycles. The molecule has 0 aliphatic heterocycles. The summed E-state index contributed by atoms with van der Waals surface area (Å²) in [7, 11) is 1.59. The molecule has 0 radical (unpaired) electrons. The summed E-state index contributed by atoms with van der Waals surface area (Å²) in [5.41, 5.74) is 9.00. The molecule has 0 saturated carbocycles. The van der Waals surface area contributed by atoms with Crippen LogP contribution in [0.3, 0.4) is 0 Å². The van der Waals surface area contributed by atoms with Crippen LogP contribution in [0, 0.1) is 6.92 Å². The smallest absolute Gasteiger partial charge is 0.137 e. The highest BCUT2D eigenvalue weighted by molar-refractivity contribution is 6.32. The number of ether oxygens (including phenoxy) is 1. The molecule has 1 aromatic carbocycles. The number of rotatable bonds is 3. The van der Waals surface area contributed by atoms with Gasteiger partial charge in [-0.3, -0.25) is 0 Å². The van der Waals surface area contributed by atoms with Crippen molar-refractivity contribution in [2.24, 2.45) is 5.73 Å². The second kappa shape index (κ2) is 5.33. The Labute approximate surface area is 111 Å². The van der Waals surface area contributed by atoms with Gasteiger partial charge in [-0.25, -0.2) is 0 Å². The van der Waals surface area contributed by atoms with Crippen LogP contribution in [0.25, 0.3) is 11.3 Å². The topological polar surface area (TPSA) is 61.0 Å². The lowest BCUT2D eigenvalue weighted by Crippen LogP contribution is -2.01. The summed E-state index contributed by atoms with van der Waals surface area (Å²) < 4.78 is 5.17. The van der Waals surface area contributed by atoms with Crippen molar-refractivity contribution in [3.05, 3.63) is 40.5 Å². The van der Waals surface area contributed by atoms with Gasteiger partial charge in [-0.05, 0) is 36.8 Å². The van der Waals surface area contributed by atoms with E-state index in [1.807, 2.05) is 31.2 Å². The zero-order valence-corrected chi connectivity index (χ0v) is 11.0. The molecule has 2 aromatic rings. The molecule has 0 saturated heterocycles. The highest BCUT2D eigenvalue weighted by atomic mass is 35.5. The maximum atomic E-state index is 6.12. The van der Waals surface area contributed by atoms with E-state index in [-0.39, 0.29) is 0 Å². The van der Waals surface area contributed by atoms with E-state index in [0.717, 1.165) is 22.5 Å². The SMILES string of the molecule is COc1cc(C)c(-c2ccc(CN)nn2)cc1Cl. The van der Waals surface area contributed by atoms with Crippen molar-refractivity contribution in [3.63, 3.8) is 0 Å². The summed E-state index contributed by atoms with van der Waals surface area (Å²) in [6, 6.07) is 7.47. The van der Waals surface area contributed by atoms with Gasteiger partial charge in [-0.1, -0.05) is 11.6 Å². The summed E-state index contributed by atoms with van der Waals surface area (Å²) >= 11 is 6.12. The molecule has 1 heterocycles. The highest BCUT2D eigenvalue weighted by Gasteiger charge is 2.09. The van der Waals surface area contributed by atoms with E-state index in [9.17, 15) is 0 Å². The molecule has 0 atom stereocenters. The van der Waals surface area contributed by atoms with Gasteiger partial charge in [0.1, 0.15) is 5.75 Å². The first-order chi connectivity index (χ1) is 8.65. The Bertz CT molecular complexity index is 555. The van der Waals surface area contributed by atoms with Crippen LogP contribution >= 0.6 is 11.6 Å². The van der Waals surface area contributed by atoms with Crippen molar-refractivity contribution in [1.29, 1.82) is 0 Å². The summed E-state index contributed by atoms with van der Waals surface area (Å²) in [4.78, 5) is 0. The van der Waals surface area contributed by atoms with Gasteiger partial charge in [0.05, 0.1) is 23.5 Å². The minimum atomic E-state index is 0.385. The van der Waals surface area contributed by atoms with Crippen LogP contribution in [0.2, 0.25) is 5.02 Å². The number of hydrogen-bond acceptors (Lipinski definition) is 4. The molecule has 0 aliphatic carbocycles. The van der Waals surface area contributed by atoms with Crippen molar-refractivity contribution in [2.45, 2.75) is 13.5 Å². The average Bonchev–Trinajstić information content (AvgIpc) is 2.41. The van der Waals surface area contributed by atoms with Gasteiger partial charge < -0.3 is 10.5 Å². The van der Waals surface area contributed by atoms with E-state index in [1.165, 1.54) is 0 Å². The van der Waals surface area contributed by atoms with E-state index in [1.54, 1.807) is 7.11 Å².